The van der Waals surface area contributed by atoms with Crippen LogP contribution in [-0.4, -0.2) is 23.3 Å². The van der Waals surface area contributed by atoms with Gasteiger partial charge in [-0.15, -0.1) is 11.6 Å². The third kappa shape index (κ3) is 2.14. The van der Waals surface area contributed by atoms with Crippen molar-refractivity contribution in [1.82, 2.24) is 0 Å². The van der Waals surface area contributed by atoms with E-state index in [4.69, 9.17) is 23.2 Å². The van der Waals surface area contributed by atoms with Crippen molar-refractivity contribution in [3.63, 3.8) is 0 Å². The minimum Gasteiger partial charge on any atom is -0.271 e. The molecule has 1 aliphatic heterocycles. The minimum atomic E-state index is -4.40. The lowest BCUT2D eigenvalue weighted by molar-refractivity contribution is -0.0859. The van der Waals surface area contributed by atoms with Gasteiger partial charge in [0.05, 0.1) is 11.0 Å². The van der Waals surface area contributed by atoms with Gasteiger partial charge in [0, 0.05) is 6.21 Å². The summed E-state index contributed by atoms with van der Waals surface area (Å²) < 4.78 is 35.9. The number of hydrogen-bond acceptors (Lipinski definition) is 1. The molecule has 0 aliphatic carbocycles. The third-order valence-corrected chi connectivity index (χ3v) is 2.16. The van der Waals surface area contributed by atoms with Crippen LogP contribution in [0.1, 0.15) is 0 Å². The van der Waals surface area contributed by atoms with Crippen molar-refractivity contribution < 1.29 is 13.2 Å². The Morgan fingerprint density at radius 1 is 1.33 bits per heavy atom. The zero-order valence-electron chi connectivity index (χ0n) is 5.65. The molecule has 0 amide bonds. The first kappa shape index (κ1) is 9.86. The van der Waals surface area contributed by atoms with E-state index in [0.717, 1.165) is 6.08 Å². The van der Waals surface area contributed by atoms with Gasteiger partial charge in [-0.3, -0.25) is 4.99 Å². The molecule has 0 spiro atoms. The average molecular weight is 218 g/mol. The molecule has 0 aromatic rings. The minimum absolute atomic E-state index is 0.691. The number of alkyl halides is 5. The van der Waals surface area contributed by atoms with Crippen LogP contribution < -0.4 is 0 Å². The standard InChI is InChI=1S/C6H4Cl2F3N/c7-4-1-3(6(9,10)11)2-12-5(4)8/h1-2,4-5H. The first-order valence-electron chi connectivity index (χ1n) is 3.01. The Bertz CT molecular complexity index is 233. The molecule has 0 fully saturated rings. The van der Waals surface area contributed by atoms with Crippen LogP contribution in [0.4, 0.5) is 13.2 Å². The maximum Gasteiger partial charge on any atom is 0.417 e. The average Bonchev–Trinajstić information content (AvgIpc) is 1.92. The van der Waals surface area contributed by atoms with E-state index in [1.54, 1.807) is 0 Å². The van der Waals surface area contributed by atoms with Gasteiger partial charge in [-0.2, -0.15) is 13.2 Å². The second-order valence-electron chi connectivity index (χ2n) is 2.22. The number of nitrogens with zero attached hydrogens (tertiary/aromatic N) is 1. The second-order valence-corrected chi connectivity index (χ2v) is 3.17. The predicted molar refractivity (Wildman–Crippen MR) is 41.9 cm³/mol. The Labute approximate surface area is 76.9 Å². The fourth-order valence-electron chi connectivity index (χ4n) is 0.695. The molecule has 0 saturated heterocycles. The van der Waals surface area contributed by atoms with Crippen molar-refractivity contribution in [2.45, 2.75) is 17.1 Å². The van der Waals surface area contributed by atoms with Gasteiger partial charge >= 0.3 is 6.18 Å². The van der Waals surface area contributed by atoms with E-state index in [2.05, 4.69) is 4.99 Å². The van der Waals surface area contributed by atoms with Crippen molar-refractivity contribution in [2.75, 3.05) is 0 Å². The van der Waals surface area contributed by atoms with E-state index in [9.17, 15) is 13.2 Å². The normalized spacial score (nSPS) is 30.2. The number of dihydropyridines is 1. The Morgan fingerprint density at radius 3 is 2.33 bits per heavy atom. The van der Waals surface area contributed by atoms with E-state index >= 15 is 0 Å². The molecule has 0 bridgehead atoms. The lowest BCUT2D eigenvalue weighted by Crippen LogP contribution is -2.22. The molecule has 1 heterocycles. The molecule has 1 rings (SSSR count). The zero-order chi connectivity index (χ0) is 9.35. The summed E-state index contributed by atoms with van der Waals surface area (Å²) >= 11 is 10.9. The van der Waals surface area contributed by atoms with Crippen molar-refractivity contribution in [1.29, 1.82) is 0 Å². The quantitative estimate of drug-likeness (QED) is 0.437. The van der Waals surface area contributed by atoms with E-state index < -0.39 is 22.6 Å². The highest BCUT2D eigenvalue weighted by atomic mass is 35.5. The van der Waals surface area contributed by atoms with Crippen LogP contribution in [0.2, 0.25) is 0 Å². The second kappa shape index (κ2) is 3.26. The van der Waals surface area contributed by atoms with Gasteiger partial charge in [0.25, 0.3) is 0 Å². The Kier molecular flexibility index (Phi) is 2.68. The summed E-state index contributed by atoms with van der Waals surface area (Å²) in [7, 11) is 0. The van der Waals surface area contributed by atoms with Crippen LogP contribution in [0, 0.1) is 0 Å². The lowest BCUT2D eigenvalue weighted by atomic mass is 10.2. The number of aliphatic imine (C=N–C) groups is 1. The number of halogens is 5. The number of hydrogen-bond donors (Lipinski definition) is 0. The van der Waals surface area contributed by atoms with Crippen LogP contribution in [0.3, 0.4) is 0 Å². The maximum absolute atomic E-state index is 12.0. The van der Waals surface area contributed by atoms with Gasteiger partial charge in [-0.05, 0) is 6.08 Å². The topological polar surface area (TPSA) is 12.4 Å². The lowest BCUT2D eigenvalue weighted by Gasteiger charge is -2.16. The molecule has 1 aliphatic rings. The van der Waals surface area contributed by atoms with Gasteiger partial charge in [-0.25, -0.2) is 0 Å². The van der Waals surface area contributed by atoms with Crippen molar-refractivity contribution in [3.8, 4) is 0 Å². The van der Waals surface area contributed by atoms with Gasteiger partial charge < -0.3 is 0 Å². The molecule has 12 heavy (non-hydrogen) atoms. The fraction of sp³-hybridized carbons (Fsp3) is 0.500. The Morgan fingerprint density at radius 2 is 1.92 bits per heavy atom. The largest absolute Gasteiger partial charge is 0.417 e. The van der Waals surface area contributed by atoms with Crippen LogP contribution in [0.15, 0.2) is 16.6 Å². The first-order chi connectivity index (χ1) is 5.41. The molecular formula is C6H4Cl2F3N. The predicted octanol–water partition coefficient (Wildman–Crippen LogP) is 2.73. The zero-order valence-corrected chi connectivity index (χ0v) is 7.16. The molecule has 0 aromatic carbocycles. The summed E-state index contributed by atoms with van der Waals surface area (Å²) in [5, 5.41) is -0.895. The molecule has 0 aromatic heterocycles. The molecule has 6 heteroatoms. The smallest absolute Gasteiger partial charge is 0.271 e. The van der Waals surface area contributed by atoms with Crippen LogP contribution in [0.25, 0.3) is 0 Å². The summed E-state index contributed by atoms with van der Waals surface area (Å²) in [6, 6.07) is 0. The Hall–Kier alpha value is -0.220. The SMILES string of the molecule is FC(F)(F)C1=CC(Cl)C(Cl)N=C1. The van der Waals surface area contributed by atoms with Crippen LogP contribution in [0.5, 0.6) is 0 Å². The first-order valence-corrected chi connectivity index (χ1v) is 3.89. The maximum atomic E-state index is 12.0. The van der Waals surface area contributed by atoms with E-state index in [0.29, 0.717) is 6.21 Å². The number of allylic oxidation sites excluding steroid dienone is 1. The van der Waals surface area contributed by atoms with Crippen molar-refractivity contribution in [2.24, 2.45) is 4.99 Å². The summed E-state index contributed by atoms with van der Waals surface area (Å²) in [4.78, 5) is 3.38. The van der Waals surface area contributed by atoms with Gasteiger partial charge in [0.15, 0.2) is 0 Å². The molecule has 2 unspecified atom stereocenters. The summed E-state index contributed by atoms with van der Waals surface area (Å²) in [5.74, 6) is 0. The monoisotopic (exact) mass is 217 g/mol. The molecule has 68 valence electrons. The highest BCUT2D eigenvalue weighted by molar-refractivity contribution is 6.31. The summed E-state index contributed by atoms with van der Waals surface area (Å²) in [6.45, 7) is 0. The summed E-state index contributed by atoms with van der Waals surface area (Å²) in [5.41, 5.74) is -1.66. The van der Waals surface area contributed by atoms with E-state index in [1.807, 2.05) is 0 Å². The van der Waals surface area contributed by atoms with Gasteiger partial charge in [0.1, 0.15) is 5.50 Å². The molecule has 1 nitrogen and oxygen atoms in total. The highest BCUT2D eigenvalue weighted by Crippen LogP contribution is 2.29. The Balaban J connectivity index is 2.84. The molecule has 0 N–H and O–H groups in total. The fourth-order valence-corrected chi connectivity index (χ4v) is 1.03. The van der Waals surface area contributed by atoms with Crippen LogP contribution in [-0.2, 0) is 0 Å². The van der Waals surface area contributed by atoms with Crippen molar-refractivity contribution >= 4 is 29.4 Å². The van der Waals surface area contributed by atoms with Crippen molar-refractivity contribution in [3.05, 3.63) is 11.6 Å². The summed E-state index contributed by atoms with van der Waals surface area (Å²) in [6.07, 6.45) is -2.85. The van der Waals surface area contributed by atoms with Gasteiger partial charge in [-0.1, -0.05) is 11.6 Å². The molecule has 2 atom stereocenters. The highest BCUT2D eigenvalue weighted by Gasteiger charge is 2.35. The van der Waals surface area contributed by atoms with Gasteiger partial charge in [0.2, 0.25) is 0 Å². The number of rotatable bonds is 0. The molecular weight excluding hydrogens is 214 g/mol. The molecule has 0 saturated carbocycles. The van der Waals surface area contributed by atoms with E-state index in [1.165, 1.54) is 0 Å². The van der Waals surface area contributed by atoms with E-state index in [-0.39, 0.29) is 0 Å². The third-order valence-electron chi connectivity index (χ3n) is 1.28. The van der Waals surface area contributed by atoms with Crippen LogP contribution >= 0.6 is 23.2 Å². The molecule has 0 radical (unpaired) electrons.